The van der Waals surface area contributed by atoms with Crippen LogP contribution in [-0.2, 0) is 9.53 Å². The van der Waals surface area contributed by atoms with Crippen molar-refractivity contribution in [3.8, 4) is 5.75 Å². The lowest BCUT2D eigenvalue weighted by Gasteiger charge is -2.30. The molecule has 0 spiro atoms. The fraction of sp³-hybridized carbons (Fsp3) is 0.474. The minimum atomic E-state index is -0.445. The van der Waals surface area contributed by atoms with Gasteiger partial charge in [-0.05, 0) is 49.8 Å². The van der Waals surface area contributed by atoms with Gasteiger partial charge >= 0.3 is 11.6 Å². The summed E-state index contributed by atoms with van der Waals surface area (Å²) in [5.41, 5.74) is 1.19. The lowest BCUT2D eigenvalue weighted by atomic mass is 9.89. The summed E-state index contributed by atoms with van der Waals surface area (Å²) in [6, 6.07) is 1.66. The van der Waals surface area contributed by atoms with E-state index < -0.39 is 11.6 Å². The highest BCUT2D eigenvalue weighted by Crippen LogP contribution is 2.35. The number of carbonyl (C=O) groups excluding carboxylic acids is 1. The molecule has 0 radical (unpaired) electrons. The average molecular weight is 330 g/mol. The summed E-state index contributed by atoms with van der Waals surface area (Å²) in [7, 11) is 0. The van der Waals surface area contributed by atoms with E-state index in [-0.39, 0.29) is 6.10 Å². The molecule has 0 N–H and O–H groups in total. The minimum absolute atomic E-state index is 0.0592. The van der Waals surface area contributed by atoms with Crippen LogP contribution in [0.2, 0.25) is 0 Å². The van der Waals surface area contributed by atoms with Crippen LogP contribution in [0.15, 0.2) is 26.9 Å². The number of hydrogen-bond donors (Lipinski definition) is 0. The summed E-state index contributed by atoms with van der Waals surface area (Å²) in [6.07, 6.45) is 10.7. The number of carbonyl (C=O) groups is 1. The molecule has 0 bridgehead atoms. The van der Waals surface area contributed by atoms with E-state index >= 15 is 0 Å². The average Bonchev–Trinajstić information content (AvgIpc) is 2.59. The molecule has 3 rings (SSSR count). The second-order valence-electron chi connectivity index (χ2n) is 6.14. The number of unbranched alkanes of at least 4 members (excludes halogenated alkanes) is 1. The fourth-order valence-electron chi connectivity index (χ4n) is 2.97. The van der Waals surface area contributed by atoms with Gasteiger partial charge in [0, 0.05) is 12.1 Å². The maximum absolute atomic E-state index is 12.2. The normalized spacial score (nSPS) is 19.2. The summed E-state index contributed by atoms with van der Waals surface area (Å²) in [6.45, 7) is 2.42. The second-order valence-corrected chi connectivity index (χ2v) is 6.14. The third-order valence-corrected chi connectivity index (χ3v) is 4.29. The lowest BCUT2D eigenvalue weighted by Crippen LogP contribution is -2.27. The van der Waals surface area contributed by atoms with E-state index in [1.54, 1.807) is 6.07 Å². The van der Waals surface area contributed by atoms with Crippen LogP contribution in [0.5, 0.6) is 5.75 Å². The van der Waals surface area contributed by atoms with Crippen molar-refractivity contribution in [3.05, 3.63) is 39.5 Å². The molecule has 5 heteroatoms. The number of hydrogen-bond acceptors (Lipinski definition) is 5. The molecule has 1 aromatic rings. The highest BCUT2D eigenvalue weighted by Gasteiger charge is 2.27. The monoisotopic (exact) mass is 330 g/mol. The van der Waals surface area contributed by atoms with E-state index in [2.05, 4.69) is 0 Å². The number of fused-ring (bicyclic) bond motifs is 2. The van der Waals surface area contributed by atoms with Crippen LogP contribution in [-0.4, -0.2) is 18.7 Å². The maximum atomic E-state index is 12.2. The molecule has 1 aromatic heterocycles. The Hall–Kier alpha value is -2.30. The number of ether oxygens (including phenoxy) is 2. The first-order valence-electron chi connectivity index (χ1n) is 8.57. The predicted octanol–water partition coefficient (Wildman–Crippen LogP) is 3.71. The molecule has 0 aromatic carbocycles. The molecule has 5 nitrogen and oxygen atoms in total. The molecular weight excluding hydrogens is 308 g/mol. The zero-order valence-corrected chi connectivity index (χ0v) is 13.9. The molecule has 1 fully saturated rings. The molecule has 128 valence electrons. The summed E-state index contributed by atoms with van der Waals surface area (Å²) < 4.78 is 16.3. The van der Waals surface area contributed by atoms with Gasteiger partial charge in [-0.2, -0.15) is 0 Å². The van der Waals surface area contributed by atoms with E-state index in [4.69, 9.17) is 13.9 Å². The zero-order valence-electron chi connectivity index (χ0n) is 13.9. The van der Waals surface area contributed by atoms with Crippen molar-refractivity contribution in [2.24, 2.45) is 0 Å². The molecule has 2 aliphatic rings. The molecule has 1 aliphatic carbocycles. The van der Waals surface area contributed by atoms with Crippen LogP contribution in [0.1, 0.15) is 56.8 Å². The van der Waals surface area contributed by atoms with Crippen molar-refractivity contribution in [2.45, 2.75) is 51.6 Å². The highest BCUT2D eigenvalue weighted by atomic mass is 16.5. The van der Waals surface area contributed by atoms with Gasteiger partial charge in [0.05, 0.1) is 6.61 Å². The lowest BCUT2D eigenvalue weighted by molar-refractivity contribution is -0.137. The Kier molecular flexibility index (Phi) is 5.18. The Balaban J connectivity index is 1.76. The Morgan fingerprint density at radius 1 is 1.42 bits per heavy atom. The van der Waals surface area contributed by atoms with Crippen LogP contribution >= 0.6 is 0 Å². The van der Waals surface area contributed by atoms with Crippen LogP contribution < -0.4 is 10.4 Å². The van der Waals surface area contributed by atoms with Gasteiger partial charge in [-0.1, -0.05) is 13.3 Å². The first kappa shape index (κ1) is 16.6. The third kappa shape index (κ3) is 3.78. The molecule has 1 atom stereocenters. The summed E-state index contributed by atoms with van der Waals surface area (Å²) >= 11 is 0. The Bertz CT molecular complexity index is 726. The smallest absolute Gasteiger partial charge is 0.347 e. The van der Waals surface area contributed by atoms with Crippen molar-refractivity contribution in [1.29, 1.82) is 0 Å². The molecule has 2 heterocycles. The van der Waals surface area contributed by atoms with Gasteiger partial charge in [-0.3, -0.25) is 0 Å². The van der Waals surface area contributed by atoms with Gasteiger partial charge in [0.25, 0.3) is 0 Å². The molecular formula is C19H22O5. The molecule has 0 saturated heterocycles. The summed E-state index contributed by atoms with van der Waals surface area (Å²) in [4.78, 5) is 23.8. The van der Waals surface area contributed by atoms with E-state index in [0.717, 1.165) is 38.5 Å². The standard InChI is InChI=1S/C19H22O5/c1-2-3-10-22-18(20)9-8-14-12-17-15(19(21)23-14)11-13-6-4-5-7-16(13)24-17/h8-9,11-12,16H,2-7,10H2,1H3. The van der Waals surface area contributed by atoms with Crippen molar-refractivity contribution in [1.82, 2.24) is 0 Å². The van der Waals surface area contributed by atoms with Gasteiger partial charge in [0.15, 0.2) is 0 Å². The SMILES string of the molecule is CCCCOC(=O)C=Cc1cc2c(c(=O)o1)C=C1CCCCC1O2. The second kappa shape index (κ2) is 7.51. The largest absolute Gasteiger partial charge is 0.485 e. The van der Waals surface area contributed by atoms with Crippen LogP contribution in [0.4, 0.5) is 0 Å². The predicted molar refractivity (Wildman–Crippen MR) is 90.7 cm³/mol. The van der Waals surface area contributed by atoms with Gasteiger partial charge < -0.3 is 13.9 Å². The maximum Gasteiger partial charge on any atom is 0.347 e. The summed E-state index contributed by atoms with van der Waals surface area (Å²) in [5.74, 6) is 0.374. The fourth-order valence-corrected chi connectivity index (χ4v) is 2.97. The number of rotatable bonds is 5. The van der Waals surface area contributed by atoms with Gasteiger partial charge in [-0.25, -0.2) is 9.59 Å². The van der Waals surface area contributed by atoms with Gasteiger partial charge in [0.1, 0.15) is 23.2 Å². The van der Waals surface area contributed by atoms with Crippen molar-refractivity contribution in [3.63, 3.8) is 0 Å². The van der Waals surface area contributed by atoms with Crippen molar-refractivity contribution >= 4 is 18.1 Å². The Labute approximate surface area is 141 Å². The van der Waals surface area contributed by atoms with Crippen LogP contribution in [0, 0.1) is 0 Å². The highest BCUT2D eigenvalue weighted by molar-refractivity contribution is 5.86. The quantitative estimate of drug-likeness (QED) is 0.468. The molecule has 24 heavy (non-hydrogen) atoms. The number of esters is 1. The first-order chi connectivity index (χ1) is 11.7. The third-order valence-electron chi connectivity index (χ3n) is 4.29. The Morgan fingerprint density at radius 2 is 2.29 bits per heavy atom. The zero-order chi connectivity index (χ0) is 16.9. The van der Waals surface area contributed by atoms with E-state index in [9.17, 15) is 9.59 Å². The minimum Gasteiger partial charge on any atom is -0.485 e. The van der Waals surface area contributed by atoms with Gasteiger partial charge in [-0.15, -0.1) is 0 Å². The van der Waals surface area contributed by atoms with Crippen molar-refractivity contribution in [2.75, 3.05) is 6.61 Å². The molecule has 1 saturated carbocycles. The van der Waals surface area contributed by atoms with Gasteiger partial charge in [0.2, 0.25) is 0 Å². The summed E-state index contributed by atoms with van der Waals surface area (Å²) in [5, 5.41) is 0. The van der Waals surface area contributed by atoms with Crippen molar-refractivity contribution < 1.29 is 18.7 Å². The van der Waals surface area contributed by atoms with E-state index in [1.165, 1.54) is 17.7 Å². The Morgan fingerprint density at radius 3 is 3.12 bits per heavy atom. The molecule has 0 amide bonds. The van der Waals surface area contributed by atoms with E-state index in [0.29, 0.717) is 23.7 Å². The van der Waals surface area contributed by atoms with Crippen LogP contribution in [0.25, 0.3) is 12.2 Å². The molecule has 1 aliphatic heterocycles. The molecule has 1 unspecified atom stereocenters. The topological polar surface area (TPSA) is 65.7 Å². The van der Waals surface area contributed by atoms with Crippen LogP contribution in [0.3, 0.4) is 0 Å². The first-order valence-corrected chi connectivity index (χ1v) is 8.57. The van der Waals surface area contributed by atoms with E-state index in [1.807, 2.05) is 13.0 Å².